The van der Waals surface area contributed by atoms with Crippen LogP contribution in [0.1, 0.15) is 45.6 Å². The van der Waals surface area contributed by atoms with E-state index in [1.807, 2.05) is 18.3 Å². The van der Waals surface area contributed by atoms with Crippen LogP contribution in [0, 0.1) is 4.77 Å². The highest BCUT2D eigenvalue weighted by atomic mass is 32.1. The molecule has 4 nitrogen and oxygen atoms in total. The summed E-state index contributed by atoms with van der Waals surface area (Å²) in [6.45, 7) is 4.41. The van der Waals surface area contributed by atoms with Crippen LogP contribution in [0.15, 0.2) is 24.5 Å². The summed E-state index contributed by atoms with van der Waals surface area (Å²) < 4.78 is 2.78. The van der Waals surface area contributed by atoms with E-state index in [0.717, 1.165) is 17.8 Å². The SMILES string of the molecule is CCCCCC(C)n1c(-c2cccnc2)n[nH]c1=S. The lowest BCUT2D eigenvalue weighted by Gasteiger charge is -2.15. The Hall–Kier alpha value is -1.49. The topological polar surface area (TPSA) is 46.5 Å². The Bertz CT molecular complexity index is 558. The van der Waals surface area contributed by atoms with Crippen molar-refractivity contribution >= 4 is 12.2 Å². The van der Waals surface area contributed by atoms with Crippen molar-refractivity contribution in [2.45, 2.75) is 45.6 Å². The van der Waals surface area contributed by atoms with Gasteiger partial charge in [0.15, 0.2) is 10.6 Å². The zero-order valence-electron chi connectivity index (χ0n) is 11.5. The minimum atomic E-state index is 0.355. The van der Waals surface area contributed by atoms with E-state index in [9.17, 15) is 0 Å². The highest BCUT2D eigenvalue weighted by Crippen LogP contribution is 2.23. The van der Waals surface area contributed by atoms with Crippen LogP contribution in [0.25, 0.3) is 11.4 Å². The van der Waals surface area contributed by atoms with E-state index >= 15 is 0 Å². The van der Waals surface area contributed by atoms with Gasteiger partial charge in [0.1, 0.15) is 0 Å². The molecule has 1 N–H and O–H groups in total. The number of unbranched alkanes of at least 4 members (excludes halogenated alkanes) is 2. The molecule has 0 aliphatic heterocycles. The average Bonchev–Trinajstić information content (AvgIpc) is 2.82. The fourth-order valence-electron chi connectivity index (χ4n) is 2.23. The molecule has 0 saturated heterocycles. The summed E-state index contributed by atoms with van der Waals surface area (Å²) in [5.41, 5.74) is 0.997. The van der Waals surface area contributed by atoms with Crippen LogP contribution in [0.5, 0.6) is 0 Å². The van der Waals surface area contributed by atoms with Gasteiger partial charge in [0.25, 0.3) is 0 Å². The molecule has 0 aliphatic carbocycles. The van der Waals surface area contributed by atoms with Crippen LogP contribution in [0.4, 0.5) is 0 Å². The maximum Gasteiger partial charge on any atom is 0.195 e. The van der Waals surface area contributed by atoms with E-state index in [-0.39, 0.29) is 0 Å². The summed E-state index contributed by atoms with van der Waals surface area (Å²) in [4.78, 5) is 4.14. The van der Waals surface area contributed by atoms with Gasteiger partial charge in [-0.3, -0.25) is 14.6 Å². The number of hydrogen-bond donors (Lipinski definition) is 1. The van der Waals surface area contributed by atoms with E-state index in [0.29, 0.717) is 10.8 Å². The summed E-state index contributed by atoms with van der Waals surface area (Å²) in [7, 11) is 0. The van der Waals surface area contributed by atoms with Gasteiger partial charge in [-0.05, 0) is 37.7 Å². The van der Waals surface area contributed by atoms with Crippen molar-refractivity contribution in [1.29, 1.82) is 0 Å². The van der Waals surface area contributed by atoms with E-state index in [1.54, 1.807) is 6.20 Å². The van der Waals surface area contributed by atoms with E-state index in [1.165, 1.54) is 19.3 Å². The van der Waals surface area contributed by atoms with Gasteiger partial charge in [-0.1, -0.05) is 26.2 Å². The lowest BCUT2D eigenvalue weighted by molar-refractivity contribution is 0.476. The first-order valence-electron chi connectivity index (χ1n) is 6.81. The number of rotatable bonds is 6. The summed E-state index contributed by atoms with van der Waals surface area (Å²) >= 11 is 5.35. The Labute approximate surface area is 118 Å². The quantitative estimate of drug-likeness (QED) is 0.637. The molecule has 1 atom stereocenters. The van der Waals surface area contributed by atoms with Gasteiger partial charge in [0, 0.05) is 24.0 Å². The van der Waals surface area contributed by atoms with Crippen molar-refractivity contribution in [3.63, 3.8) is 0 Å². The van der Waals surface area contributed by atoms with Crippen molar-refractivity contribution in [2.75, 3.05) is 0 Å². The molecule has 0 aliphatic rings. The molecule has 0 aromatic carbocycles. The van der Waals surface area contributed by atoms with Crippen molar-refractivity contribution in [3.8, 4) is 11.4 Å². The maximum atomic E-state index is 5.35. The largest absolute Gasteiger partial charge is 0.297 e. The van der Waals surface area contributed by atoms with Crippen LogP contribution >= 0.6 is 12.2 Å². The Morgan fingerprint density at radius 2 is 2.26 bits per heavy atom. The molecular formula is C14H20N4S. The van der Waals surface area contributed by atoms with Crippen molar-refractivity contribution in [1.82, 2.24) is 19.7 Å². The Kier molecular flexibility index (Phi) is 4.85. The summed E-state index contributed by atoms with van der Waals surface area (Å²) in [6, 6.07) is 4.28. The minimum Gasteiger partial charge on any atom is -0.297 e. The molecular weight excluding hydrogens is 256 g/mol. The highest BCUT2D eigenvalue weighted by molar-refractivity contribution is 7.71. The fourth-order valence-corrected chi connectivity index (χ4v) is 2.54. The molecule has 0 fully saturated rings. The maximum absolute atomic E-state index is 5.35. The second-order valence-electron chi connectivity index (χ2n) is 4.81. The summed E-state index contributed by atoms with van der Waals surface area (Å²) in [5.74, 6) is 0.877. The molecule has 0 bridgehead atoms. The first kappa shape index (κ1) is 13.9. The van der Waals surface area contributed by atoms with Gasteiger partial charge in [-0.15, -0.1) is 0 Å². The number of nitrogens with zero attached hydrogens (tertiary/aromatic N) is 3. The third-order valence-corrected chi connectivity index (χ3v) is 3.58. The predicted molar refractivity (Wildman–Crippen MR) is 79.5 cm³/mol. The Morgan fingerprint density at radius 3 is 2.95 bits per heavy atom. The molecule has 2 aromatic rings. The second kappa shape index (κ2) is 6.61. The average molecular weight is 276 g/mol. The zero-order valence-corrected chi connectivity index (χ0v) is 12.3. The van der Waals surface area contributed by atoms with Gasteiger partial charge in [0.2, 0.25) is 0 Å². The predicted octanol–water partition coefficient (Wildman–Crippen LogP) is 4.14. The number of aromatic amines is 1. The molecule has 0 amide bonds. The number of nitrogens with one attached hydrogen (secondary N) is 1. The number of aromatic nitrogens is 4. The molecule has 102 valence electrons. The third-order valence-electron chi connectivity index (χ3n) is 3.29. The molecule has 0 spiro atoms. The van der Waals surface area contributed by atoms with Gasteiger partial charge in [-0.2, -0.15) is 5.10 Å². The minimum absolute atomic E-state index is 0.355. The van der Waals surface area contributed by atoms with E-state index < -0.39 is 0 Å². The molecule has 5 heteroatoms. The third kappa shape index (κ3) is 3.29. The molecule has 2 aromatic heterocycles. The van der Waals surface area contributed by atoms with Crippen LogP contribution in [0.2, 0.25) is 0 Å². The summed E-state index contributed by atoms with van der Waals surface area (Å²) in [6.07, 6.45) is 8.42. The number of pyridine rings is 1. The van der Waals surface area contributed by atoms with Crippen LogP contribution < -0.4 is 0 Å². The molecule has 2 rings (SSSR count). The van der Waals surface area contributed by atoms with Gasteiger partial charge >= 0.3 is 0 Å². The lowest BCUT2D eigenvalue weighted by Crippen LogP contribution is -2.07. The molecule has 0 saturated carbocycles. The van der Waals surface area contributed by atoms with Gasteiger partial charge in [-0.25, -0.2) is 0 Å². The normalized spacial score (nSPS) is 12.5. The van der Waals surface area contributed by atoms with Crippen LogP contribution in [0.3, 0.4) is 0 Å². The molecule has 19 heavy (non-hydrogen) atoms. The van der Waals surface area contributed by atoms with Crippen molar-refractivity contribution < 1.29 is 0 Å². The first-order chi connectivity index (χ1) is 9.24. The smallest absolute Gasteiger partial charge is 0.195 e. The highest BCUT2D eigenvalue weighted by Gasteiger charge is 2.14. The summed E-state index contributed by atoms with van der Waals surface area (Å²) in [5, 5.41) is 7.24. The Balaban J connectivity index is 2.25. The zero-order chi connectivity index (χ0) is 13.7. The first-order valence-corrected chi connectivity index (χ1v) is 7.22. The van der Waals surface area contributed by atoms with Gasteiger partial charge in [0.05, 0.1) is 0 Å². The monoisotopic (exact) mass is 276 g/mol. The van der Waals surface area contributed by atoms with Crippen molar-refractivity contribution in [3.05, 3.63) is 29.3 Å². The number of H-pyrrole nitrogens is 1. The van der Waals surface area contributed by atoms with E-state index in [4.69, 9.17) is 12.2 Å². The van der Waals surface area contributed by atoms with Gasteiger partial charge < -0.3 is 0 Å². The standard InChI is InChI=1S/C14H20N4S/c1-3-4-5-7-11(2)18-13(16-17-14(18)19)12-8-6-9-15-10-12/h6,8-11H,3-5,7H2,1-2H3,(H,17,19). The second-order valence-corrected chi connectivity index (χ2v) is 5.20. The van der Waals surface area contributed by atoms with Crippen molar-refractivity contribution in [2.24, 2.45) is 0 Å². The number of hydrogen-bond acceptors (Lipinski definition) is 3. The molecule has 2 heterocycles. The molecule has 1 unspecified atom stereocenters. The fraction of sp³-hybridized carbons (Fsp3) is 0.500. The van der Waals surface area contributed by atoms with E-state index in [2.05, 4.69) is 33.6 Å². The lowest BCUT2D eigenvalue weighted by atomic mass is 10.1. The van der Waals surface area contributed by atoms with Crippen LogP contribution in [-0.4, -0.2) is 19.7 Å². The Morgan fingerprint density at radius 1 is 1.42 bits per heavy atom. The molecule has 0 radical (unpaired) electrons. The van der Waals surface area contributed by atoms with Crippen LogP contribution in [-0.2, 0) is 0 Å².